The maximum atomic E-state index is 13.4. The van der Waals surface area contributed by atoms with Crippen LogP contribution in [0.3, 0.4) is 0 Å². The van der Waals surface area contributed by atoms with Gasteiger partial charge in [-0.25, -0.2) is 13.6 Å². The summed E-state index contributed by atoms with van der Waals surface area (Å²) in [7, 11) is 0. The number of aliphatic hydroxyl groups is 1. The zero-order chi connectivity index (χ0) is 15.2. The van der Waals surface area contributed by atoms with Gasteiger partial charge in [-0.2, -0.15) is 0 Å². The number of halogens is 2. The summed E-state index contributed by atoms with van der Waals surface area (Å²) in [5.74, 6) is -1.69. The monoisotopic (exact) mass is 300 g/mol. The third kappa shape index (κ3) is 4.37. The van der Waals surface area contributed by atoms with E-state index in [1.54, 1.807) is 0 Å². The van der Waals surface area contributed by atoms with E-state index in [-0.39, 0.29) is 12.6 Å². The van der Waals surface area contributed by atoms with E-state index in [0.29, 0.717) is 13.2 Å². The molecular weight excluding hydrogens is 282 g/mol. The molecule has 1 saturated heterocycles. The molecule has 0 bridgehead atoms. The van der Waals surface area contributed by atoms with Gasteiger partial charge in [0.25, 0.3) is 0 Å². The van der Waals surface area contributed by atoms with E-state index in [2.05, 4.69) is 10.6 Å². The lowest BCUT2D eigenvalue weighted by atomic mass is 10.1. The molecule has 2 atom stereocenters. The highest BCUT2D eigenvalue weighted by Gasteiger charge is 2.19. The summed E-state index contributed by atoms with van der Waals surface area (Å²) in [6.45, 7) is 0.782. The smallest absolute Gasteiger partial charge is 0.314 e. The molecule has 1 aromatic carbocycles. The van der Waals surface area contributed by atoms with Crippen molar-refractivity contribution < 1.29 is 23.4 Å². The first kappa shape index (κ1) is 15.7. The van der Waals surface area contributed by atoms with Crippen LogP contribution in [0.5, 0.6) is 0 Å². The van der Waals surface area contributed by atoms with E-state index in [4.69, 9.17) is 4.74 Å². The second-order valence-corrected chi connectivity index (χ2v) is 4.88. The minimum atomic E-state index is -1.44. The molecule has 5 nitrogen and oxygen atoms in total. The fourth-order valence-corrected chi connectivity index (χ4v) is 2.19. The number of aliphatic hydroxyl groups excluding tert-OH is 1. The molecule has 1 aliphatic rings. The van der Waals surface area contributed by atoms with Crippen LogP contribution in [0, 0.1) is 11.6 Å². The second kappa shape index (κ2) is 7.33. The Hall–Kier alpha value is -1.73. The number of benzene rings is 1. The summed E-state index contributed by atoms with van der Waals surface area (Å²) in [5, 5.41) is 14.7. The van der Waals surface area contributed by atoms with E-state index >= 15 is 0 Å². The van der Waals surface area contributed by atoms with Crippen molar-refractivity contribution in [2.24, 2.45) is 0 Å². The molecule has 0 spiro atoms. The molecule has 1 fully saturated rings. The largest absolute Gasteiger partial charge is 0.386 e. The standard InChI is InChI=1S/C14H18F2N2O3/c15-10-4-1-5-11(16)13(10)12(19)8-18-14(20)17-7-9-3-2-6-21-9/h1,4-5,9,12,19H,2-3,6-8H2,(H2,17,18,20). The summed E-state index contributed by atoms with van der Waals surface area (Å²) in [4.78, 5) is 11.5. The zero-order valence-electron chi connectivity index (χ0n) is 11.4. The van der Waals surface area contributed by atoms with Crippen LogP contribution in [0.25, 0.3) is 0 Å². The first-order valence-corrected chi connectivity index (χ1v) is 6.83. The molecule has 2 rings (SSSR count). The molecule has 0 radical (unpaired) electrons. The van der Waals surface area contributed by atoms with Crippen LogP contribution in [0.4, 0.5) is 13.6 Å². The van der Waals surface area contributed by atoms with Gasteiger partial charge in [0.2, 0.25) is 0 Å². The molecule has 7 heteroatoms. The summed E-state index contributed by atoms with van der Waals surface area (Å²) in [6.07, 6.45) is 0.423. The summed E-state index contributed by atoms with van der Waals surface area (Å²) < 4.78 is 32.2. The number of urea groups is 1. The van der Waals surface area contributed by atoms with Crippen molar-refractivity contribution in [2.45, 2.75) is 25.0 Å². The van der Waals surface area contributed by atoms with E-state index < -0.39 is 29.3 Å². The molecule has 116 valence electrons. The van der Waals surface area contributed by atoms with Crippen molar-refractivity contribution in [1.82, 2.24) is 10.6 Å². The van der Waals surface area contributed by atoms with Crippen molar-refractivity contribution in [3.8, 4) is 0 Å². The van der Waals surface area contributed by atoms with E-state index in [0.717, 1.165) is 25.0 Å². The lowest BCUT2D eigenvalue weighted by molar-refractivity contribution is 0.111. The Labute approximate surface area is 121 Å². The lowest BCUT2D eigenvalue weighted by Crippen LogP contribution is -2.41. The van der Waals surface area contributed by atoms with Crippen molar-refractivity contribution >= 4 is 6.03 Å². The molecule has 2 amide bonds. The molecule has 0 aromatic heterocycles. The van der Waals surface area contributed by atoms with E-state index in [1.807, 2.05) is 0 Å². The van der Waals surface area contributed by atoms with Crippen molar-refractivity contribution in [2.75, 3.05) is 19.7 Å². The van der Waals surface area contributed by atoms with Crippen molar-refractivity contribution in [1.29, 1.82) is 0 Å². The summed E-state index contributed by atoms with van der Waals surface area (Å²) in [6, 6.07) is 2.81. The van der Waals surface area contributed by atoms with Crippen LogP contribution >= 0.6 is 0 Å². The van der Waals surface area contributed by atoms with Gasteiger partial charge >= 0.3 is 6.03 Å². The van der Waals surface area contributed by atoms with Gasteiger partial charge in [-0.15, -0.1) is 0 Å². The van der Waals surface area contributed by atoms with E-state index in [9.17, 15) is 18.7 Å². The first-order chi connectivity index (χ1) is 10.1. The van der Waals surface area contributed by atoms with Gasteiger partial charge in [-0.3, -0.25) is 0 Å². The van der Waals surface area contributed by atoms with Crippen LogP contribution in [-0.4, -0.2) is 36.9 Å². The number of rotatable bonds is 5. The zero-order valence-corrected chi connectivity index (χ0v) is 11.4. The molecule has 1 aliphatic heterocycles. The number of hydrogen-bond donors (Lipinski definition) is 3. The summed E-state index contributed by atoms with van der Waals surface area (Å²) >= 11 is 0. The molecule has 21 heavy (non-hydrogen) atoms. The number of amides is 2. The van der Waals surface area contributed by atoms with Gasteiger partial charge in [-0.1, -0.05) is 6.07 Å². The van der Waals surface area contributed by atoms with E-state index in [1.165, 1.54) is 6.07 Å². The number of carbonyl (C=O) groups excluding carboxylic acids is 1. The Morgan fingerprint density at radius 2 is 2.10 bits per heavy atom. The van der Waals surface area contributed by atoms with Gasteiger partial charge in [0.1, 0.15) is 17.7 Å². The topological polar surface area (TPSA) is 70.6 Å². The molecule has 1 aromatic rings. The predicted octanol–water partition coefficient (Wildman–Crippen LogP) is 1.48. The Balaban J connectivity index is 1.77. The average Bonchev–Trinajstić information content (AvgIpc) is 2.96. The first-order valence-electron chi connectivity index (χ1n) is 6.83. The Morgan fingerprint density at radius 3 is 2.71 bits per heavy atom. The number of hydrogen-bond acceptors (Lipinski definition) is 3. The maximum Gasteiger partial charge on any atom is 0.314 e. The number of nitrogens with one attached hydrogen (secondary N) is 2. The van der Waals surface area contributed by atoms with Gasteiger partial charge in [0.15, 0.2) is 0 Å². The highest BCUT2D eigenvalue weighted by molar-refractivity contribution is 5.73. The van der Waals surface area contributed by atoms with Crippen LogP contribution in [0.1, 0.15) is 24.5 Å². The highest BCUT2D eigenvalue weighted by atomic mass is 19.1. The SMILES string of the molecule is O=C(NCC1CCCO1)NCC(O)c1c(F)cccc1F. The second-order valence-electron chi connectivity index (χ2n) is 4.88. The quantitative estimate of drug-likeness (QED) is 0.771. The third-order valence-electron chi connectivity index (χ3n) is 3.30. The van der Waals surface area contributed by atoms with Crippen LogP contribution in [-0.2, 0) is 4.74 Å². The lowest BCUT2D eigenvalue weighted by Gasteiger charge is -2.15. The minimum Gasteiger partial charge on any atom is -0.386 e. The molecule has 0 saturated carbocycles. The highest BCUT2D eigenvalue weighted by Crippen LogP contribution is 2.19. The number of carbonyl (C=O) groups is 1. The Kier molecular flexibility index (Phi) is 5.46. The van der Waals surface area contributed by atoms with Crippen LogP contribution < -0.4 is 10.6 Å². The molecule has 1 heterocycles. The molecular formula is C14H18F2N2O3. The molecule has 3 N–H and O–H groups in total. The van der Waals surface area contributed by atoms with Gasteiger partial charge < -0.3 is 20.5 Å². The maximum absolute atomic E-state index is 13.4. The van der Waals surface area contributed by atoms with Gasteiger partial charge in [0.05, 0.1) is 11.7 Å². The molecule has 2 unspecified atom stereocenters. The summed E-state index contributed by atoms with van der Waals surface area (Å²) in [5.41, 5.74) is -0.447. The minimum absolute atomic E-state index is 0.00434. The van der Waals surface area contributed by atoms with Crippen LogP contribution in [0.2, 0.25) is 0 Å². The van der Waals surface area contributed by atoms with Gasteiger partial charge in [0, 0.05) is 19.7 Å². The average molecular weight is 300 g/mol. The molecule has 0 aliphatic carbocycles. The Bertz CT molecular complexity index is 473. The third-order valence-corrected chi connectivity index (χ3v) is 3.30. The Morgan fingerprint density at radius 1 is 1.38 bits per heavy atom. The fourth-order valence-electron chi connectivity index (χ4n) is 2.19. The predicted molar refractivity (Wildman–Crippen MR) is 71.7 cm³/mol. The van der Waals surface area contributed by atoms with Crippen LogP contribution in [0.15, 0.2) is 18.2 Å². The normalized spacial score (nSPS) is 19.3. The fraction of sp³-hybridized carbons (Fsp3) is 0.500. The van der Waals surface area contributed by atoms with Crippen molar-refractivity contribution in [3.63, 3.8) is 0 Å². The number of ether oxygens (including phenoxy) is 1. The van der Waals surface area contributed by atoms with Crippen molar-refractivity contribution in [3.05, 3.63) is 35.4 Å². The van der Waals surface area contributed by atoms with Gasteiger partial charge in [-0.05, 0) is 25.0 Å².